The molecule has 0 atom stereocenters. The lowest BCUT2D eigenvalue weighted by molar-refractivity contribution is -0.129. The van der Waals surface area contributed by atoms with E-state index in [9.17, 15) is 9.59 Å². The van der Waals surface area contributed by atoms with E-state index < -0.39 is 0 Å². The number of fused-ring (bicyclic) bond motifs is 1. The standard InChI is InChI=1S/C22H24N2O3/c1-24(14-13-16-7-4-6-10-20(16)27-2)21(25)12-11-18-15-17-8-3-5-9-19(17)23-22(18)26/h3-10,15H,11-14H2,1-2H3,(H,23,26). The number of carbonyl (C=O) groups is 1. The second-order valence-electron chi connectivity index (χ2n) is 6.59. The van der Waals surface area contributed by atoms with Crippen molar-refractivity contribution in [2.75, 3.05) is 20.7 Å². The van der Waals surface area contributed by atoms with Crippen molar-refractivity contribution < 1.29 is 9.53 Å². The molecule has 0 aliphatic carbocycles. The number of H-pyrrole nitrogens is 1. The number of carbonyl (C=O) groups excluding carboxylic acids is 1. The molecule has 0 saturated heterocycles. The summed E-state index contributed by atoms with van der Waals surface area (Å²) in [4.78, 5) is 29.2. The number of likely N-dealkylation sites (N-methyl/N-ethyl adjacent to an activating group) is 1. The van der Waals surface area contributed by atoms with Crippen LogP contribution < -0.4 is 10.3 Å². The number of nitrogens with one attached hydrogen (secondary N) is 1. The van der Waals surface area contributed by atoms with Gasteiger partial charge in [-0.3, -0.25) is 9.59 Å². The van der Waals surface area contributed by atoms with Crippen LogP contribution in [0.2, 0.25) is 0 Å². The molecular formula is C22H24N2O3. The number of aromatic nitrogens is 1. The van der Waals surface area contributed by atoms with Gasteiger partial charge in [0.2, 0.25) is 5.91 Å². The minimum absolute atomic E-state index is 0.0254. The molecule has 0 radical (unpaired) electrons. The van der Waals surface area contributed by atoms with E-state index in [1.807, 2.05) is 54.6 Å². The van der Waals surface area contributed by atoms with E-state index >= 15 is 0 Å². The minimum atomic E-state index is -0.127. The van der Waals surface area contributed by atoms with E-state index in [0.29, 0.717) is 24.9 Å². The highest BCUT2D eigenvalue weighted by Gasteiger charge is 2.12. The van der Waals surface area contributed by atoms with Crippen molar-refractivity contribution in [3.63, 3.8) is 0 Å². The molecule has 0 aliphatic heterocycles. The van der Waals surface area contributed by atoms with Gasteiger partial charge in [0.25, 0.3) is 5.56 Å². The Morgan fingerprint density at radius 3 is 2.59 bits per heavy atom. The zero-order valence-corrected chi connectivity index (χ0v) is 15.7. The van der Waals surface area contributed by atoms with Crippen LogP contribution in [0.5, 0.6) is 5.75 Å². The third kappa shape index (κ3) is 4.56. The number of hydrogen-bond acceptors (Lipinski definition) is 3. The Morgan fingerprint density at radius 2 is 1.78 bits per heavy atom. The third-order valence-electron chi connectivity index (χ3n) is 4.77. The summed E-state index contributed by atoms with van der Waals surface area (Å²) in [5.74, 6) is 0.860. The first-order chi connectivity index (χ1) is 13.1. The first kappa shape index (κ1) is 18.7. The molecule has 0 fully saturated rings. The topological polar surface area (TPSA) is 62.4 Å². The summed E-state index contributed by atoms with van der Waals surface area (Å²) in [6.45, 7) is 0.604. The molecule has 0 unspecified atom stereocenters. The number of ether oxygens (including phenoxy) is 1. The zero-order valence-electron chi connectivity index (χ0n) is 15.7. The maximum atomic E-state index is 12.4. The summed E-state index contributed by atoms with van der Waals surface area (Å²) in [5.41, 5.74) is 2.40. The molecule has 2 aromatic carbocycles. The highest BCUT2D eigenvalue weighted by molar-refractivity contribution is 5.79. The maximum absolute atomic E-state index is 12.4. The van der Waals surface area contributed by atoms with Crippen molar-refractivity contribution in [2.45, 2.75) is 19.3 Å². The van der Waals surface area contributed by atoms with E-state index in [1.54, 1.807) is 19.1 Å². The van der Waals surface area contributed by atoms with Crippen molar-refractivity contribution >= 4 is 16.8 Å². The number of rotatable bonds is 7. The average Bonchev–Trinajstić information content (AvgIpc) is 2.70. The highest BCUT2D eigenvalue weighted by atomic mass is 16.5. The molecule has 3 rings (SSSR count). The molecule has 0 bridgehead atoms. The number of nitrogens with zero attached hydrogens (tertiary/aromatic N) is 1. The molecule has 0 aliphatic rings. The Hall–Kier alpha value is -3.08. The Labute approximate surface area is 158 Å². The van der Waals surface area contributed by atoms with E-state index in [-0.39, 0.29) is 11.5 Å². The van der Waals surface area contributed by atoms with Gasteiger partial charge in [0.05, 0.1) is 7.11 Å². The van der Waals surface area contributed by atoms with Crippen LogP contribution in [0, 0.1) is 0 Å². The van der Waals surface area contributed by atoms with Crippen molar-refractivity contribution in [3.05, 3.63) is 76.1 Å². The summed E-state index contributed by atoms with van der Waals surface area (Å²) in [7, 11) is 3.44. The van der Waals surface area contributed by atoms with Gasteiger partial charge in [0, 0.05) is 31.1 Å². The normalized spacial score (nSPS) is 10.7. The second-order valence-corrected chi connectivity index (χ2v) is 6.59. The molecule has 1 N–H and O–H groups in total. The smallest absolute Gasteiger partial charge is 0.251 e. The van der Waals surface area contributed by atoms with E-state index in [2.05, 4.69) is 4.98 Å². The largest absolute Gasteiger partial charge is 0.496 e. The van der Waals surface area contributed by atoms with E-state index in [0.717, 1.165) is 28.6 Å². The van der Waals surface area contributed by atoms with Crippen LogP contribution in [0.4, 0.5) is 0 Å². The lowest BCUT2D eigenvalue weighted by Crippen LogP contribution is -2.29. The van der Waals surface area contributed by atoms with Gasteiger partial charge in [-0.15, -0.1) is 0 Å². The number of aryl methyl sites for hydroxylation is 1. The van der Waals surface area contributed by atoms with Crippen molar-refractivity contribution in [3.8, 4) is 5.75 Å². The van der Waals surface area contributed by atoms with Crippen molar-refractivity contribution in [1.82, 2.24) is 9.88 Å². The molecule has 1 aromatic heterocycles. The van der Waals surface area contributed by atoms with Crippen LogP contribution in [0.15, 0.2) is 59.4 Å². The molecule has 140 valence electrons. The number of amides is 1. The molecule has 3 aromatic rings. The van der Waals surface area contributed by atoms with Crippen LogP contribution in [-0.4, -0.2) is 36.5 Å². The second kappa shape index (κ2) is 8.54. The molecule has 5 nitrogen and oxygen atoms in total. The molecule has 27 heavy (non-hydrogen) atoms. The molecule has 1 heterocycles. The number of pyridine rings is 1. The molecule has 5 heteroatoms. The van der Waals surface area contributed by atoms with Gasteiger partial charge >= 0.3 is 0 Å². The molecule has 1 amide bonds. The fourth-order valence-corrected chi connectivity index (χ4v) is 3.13. The van der Waals surface area contributed by atoms with Crippen LogP contribution in [0.25, 0.3) is 10.9 Å². The van der Waals surface area contributed by atoms with Gasteiger partial charge in [-0.25, -0.2) is 0 Å². The van der Waals surface area contributed by atoms with Crippen LogP contribution in [0.3, 0.4) is 0 Å². The SMILES string of the molecule is COc1ccccc1CCN(C)C(=O)CCc1cc2ccccc2[nH]c1=O. The summed E-state index contributed by atoms with van der Waals surface area (Å²) in [5, 5.41) is 0.976. The molecule has 0 spiro atoms. The van der Waals surface area contributed by atoms with Gasteiger partial charge in [-0.1, -0.05) is 36.4 Å². The summed E-state index contributed by atoms with van der Waals surface area (Å²) < 4.78 is 5.35. The van der Waals surface area contributed by atoms with Crippen LogP contribution in [-0.2, 0) is 17.6 Å². The Balaban J connectivity index is 1.59. The fourth-order valence-electron chi connectivity index (χ4n) is 3.13. The summed E-state index contributed by atoms with van der Waals surface area (Å²) in [6, 6.07) is 17.3. The average molecular weight is 364 g/mol. The number of benzene rings is 2. The molecule has 0 saturated carbocycles. The van der Waals surface area contributed by atoms with Gasteiger partial charge < -0.3 is 14.6 Å². The van der Waals surface area contributed by atoms with Crippen LogP contribution in [0.1, 0.15) is 17.5 Å². The van der Waals surface area contributed by atoms with Gasteiger partial charge in [-0.2, -0.15) is 0 Å². The predicted octanol–water partition coefficient (Wildman–Crippen LogP) is 3.17. The number of hydrogen-bond donors (Lipinski definition) is 1. The minimum Gasteiger partial charge on any atom is -0.496 e. The number of methoxy groups -OCH3 is 1. The van der Waals surface area contributed by atoms with E-state index in [4.69, 9.17) is 4.74 Å². The highest BCUT2D eigenvalue weighted by Crippen LogP contribution is 2.18. The lowest BCUT2D eigenvalue weighted by Gasteiger charge is -2.18. The lowest BCUT2D eigenvalue weighted by atomic mass is 10.1. The van der Waals surface area contributed by atoms with Gasteiger partial charge in [0.1, 0.15) is 5.75 Å². The van der Waals surface area contributed by atoms with Gasteiger partial charge in [-0.05, 0) is 42.0 Å². The zero-order chi connectivity index (χ0) is 19.2. The first-order valence-corrected chi connectivity index (χ1v) is 9.05. The predicted molar refractivity (Wildman–Crippen MR) is 107 cm³/mol. The summed E-state index contributed by atoms with van der Waals surface area (Å²) in [6.07, 6.45) is 1.46. The third-order valence-corrected chi connectivity index (χ3v) is 4.77. The van der Waals surface area contributed by atoms with Gasteiger partial charge in [0.15, 0.2) is 0 Å². The van der Waals surface area contributed by atoms with Crippen molar-refractivity contribution in [1.29, 1.82) is 0 Å². The fraction of sp³-hybridized carbons (Fsp3) is 0.273. The first-order valence-electron chi connectivity index (χ1n) is 9.05. The maximum Gasteiger partial charge on any atom is 0.251 e. The Morgan fingerprint density at radius 1 is 1.04 bits per heavy atom. The monoisotopic (exact) mass is 364 g/mol. The molecular weight excluding hydrogens is 340 g/mol. The van der Waals surface area contributed by atoms with Crippen LogP contribution >= 0.6 is 0 Å². The van der Waals surface area contributed by atoms with E-state index in [1.165, 1.54) is 0 Å². The Kier molecular flexibility index (Phi) is 5.91. The quantitative estimate of drug-likeness (QED) is 0.700. The number of aromatic amines is 1. The Bertz CT molecular complexity index is 994. The van der Waals surface area contributed by atoms with Crippen molar-refractivity contribution in [2.24, 2.45) is 0 Å². The number of para-hydroxylation sites is 2. The summed E-state index contributed by atoms with van der Waals surface area (Å²) >= 11 is 0.